The van der Waals surface area contributed by atoms with E-state index in [0.29, 0.717) is 6.10 Å². The summed E-state index contributed by atoms with van der Waals surface area (Å²) in [5.41, 5.74) is 0. The summed E-state index contributed by atoms with van der Waals surface area (Å²) < 4.78 is 6.24. The van der Waals surface area contributed by atoms with Crippen molar-refractivity contribution in [3.63, 3.8) is 0 Å². The predicted molar refractivity (Wildman–Crippen MR) is 81.1 cm³/mol. The summed E-state index contributed by atoms with van der Waals surface area (Å²) in [5, 5.41) is 0. The average Bonchev–Trinajstić information content (AvgIpc) is 2.21. The van der Waals surface area contributed by atoms with E-state index in [1.807, 2.05) is 0 Å². The van der Waals surface area contributed by atoms with Crippen LogP contribution in [-0.4, -0.2) is 14.4 Å². The van der Waals surface area contributed by atoms with Crippen molar-refractivity contribution in [2.24, 2.45) is 0 Å². The fraction of sp³-hybridized carbons (Fsp3) is 1.00. The Kier molecular flexibility index (Phi) is 10.2. The highest BCUT2D eigenvalue weighted by Crippen LogP contribution is 2.18. The number of rotatable bonds is 11. The molecule has 0 bridgehead atoms. The molecule has 0 aliphatic heterocycles. The fourth-order valence-corrected chi connectivity index (χ4v) is 3.47. The van der Waals surface area contributed by atoms with Gasteiger partial charge in [-0.2, -0.15) is 0 Å². The molecule has 1 unspecified atom stereocenters. The molecule has 0 aromatic heterocycles. The summed E-state index contributed by atoms with van der Waals surface area (Å²) in [7, 11) is -1.34. The van der Waals surface area contributed by atoms with Gasteiger partial charge in [0.2, 0.25) is 0 Å². The maximum absolute atomic E-state index is 6.24. The molecule has 0 heterocycles. The van der Waals surface area contributed by atoms with Gasteiger partial charge in [-0.1, -0.05) is 58.8 Å². The lowest BCUT2D eigenvalue weighted by Crippen LogP contribution is -2.32. The first-order valence-electron chi connectivity index (χ1n) is 7.67. The van der Waals surface area contributed by atoms with Crippen molar-refractivity contribution >= 4 is 8.32 Å². The van der Waals surface area contributed by atoms with Gasteiger partial charge in [0.15, 0.2) is 8.32 Å². The molecular formula is C15H34OSi. The van der Waals surface area contributed by atoms with Gasteiger partial charge in [0.1, 0.15) is 0 Å². The summed E-state index contributed by atoms with van der Waals surface area (Å²) in [4.78, 5) is 0. The minimum Gasteiger partial charge on any atom is -0.415 e. The standard InChI is InChI=1S/C15H34OSi/c1-6-8-9-10-11-12-14-15(13-7-2)16-17(3,4)5/h15H,6-14H2,1-5H3. The van der Waals surface area contributed by atoms with Crippen molar-refractivity contribution in [3.8, 4) is 0 Å². The van der Waals surface area contributed by atoms with Crippen LogP contribution in [0.3, 0.4) is 0 Å². The molecular weight excluding hydrogens is 224 g/mol. The second-order valence-electron chi connectivity index (χ2n) is 6.20. The van der Waals surface area contributed by atoms with Crippen molar-refractivity contribution in [2.75, 3.05) is 0 Å². The summed E-state index contributed by atoms with van der Waals surface area (Å²) in [5.74, 6) is 0. The molecule has 2 heteroatoms. The monoisotopic (exact) mass is 258 g/mol. The summed E-state index contributed by atoms with van der Waals surface area (Å²) in [6.07, 6.45) is 12.7. The topological polar surface area (TPSA) is 9.23 Å². The average molecular weight is 259 g/mol. The lowest BCUT2D eigenvalue weighted by atomic mass is 10.0. The first-order valence-corrected chi connectivity index (χ1v) is 11.1. The molecule has 0 saturated heterocycles. The van der Waals surface area contributed by atoms with Crippen LogP contribution in [0.25, 0.3) is 0 Å². The summed E-state index contributed by atoms with van der Waals surface area (Å²) in [6.45, 7) is 11.5. The van der Waals surface area contributed by atoms with E-state index in [-0.39, 0.29) is 0 Å². The van der Waals surface area contributed by atoms with E-state index in [9.17, 15) is 0 Å². The van der Waals surface area contributed by atoms with Gasteiger partial charge in [0, 0.05) is 6.10 Å². The summed E-state index contributed by atoms with van der Waals surface area (Å²) >= 11 is 0. The van der Waals surface area contributed by atoms with Crippen LogP contribution >= 0.6 is 0 Å². The van der Waals surface area contributed by atoms with Crippen molar-refractivity contribution in [1.29, 1.82) is 0 Å². The predicted octanol–water partition coefficient (Wildman–Crippen LogP) is 5.76. The maximum Gasteiger partial charge on any atom is 0.184 e. The van der Waals surface area contributed by atoms with Gasteiger partial charge in [-0.25, -0.2) is 0 Å². The zero-order chi connectivity index (χ0) is 13.1. The molecule has 0 N–H and O–H groups in total. The molecule has 1 atom stereocenters. The van der Waals surface area contributed by atoms with Crippen LogP contribution in [0.4, 0.5) is 0 Å². The van der Waals surface area contributed by atoms with Crippen LogP contribution in [0.5, 0.6) is 0 Å². The van der Waals surface area contributed by atoms with Crippen LogP contribution in [0, 0.1) is 0 Å². The Morgan fingerprint density at radius 3 is 1.88 bits per heavy atom. The highest BCUT2D eigenvalue weighted by atomic mass is 28.4. The Morgan fingerprint density at radius 2 is 1.35 bits per heavy atom. The zero-order valence-electron chi connectivity index (χ0n) is 12.8. The van der Waals surface area contributed by atoms with Gasteiger partial charge in [-0.15, -0.1) is 0 Å². The van der Waals surface area contributed by atoms with Crippen LogP contribution in [0.1, 0.15) is 71.6 Å². The van der Waals surface area contributed by atoms with Gasteiger partial charge in [0.25, 0.3) is 0 Å². The molecule has 0 aromatic carbocycles. The molecule has 0 aliphatic carbocycles. The number of hydrogen-bond donors (Lipinski definition) is 0. The molecule has 0 aromatic rings. The van der Waals surface area contributed by atoms with E-state index in [1.165, 1.54) is 57.8 Å². The lowest BCUT2D eigenvalue weighted by Gasteiger charge is -2.26. The molecule has 0 rings (SSSR count). The van der Waals surface area contributed by atoms with Crippen LogP contribution in [-0.2, 0) is 4.43 Å². The molecule has 1 nitrogen and oxygen atoms in total. The second kappa shape index (κ2) is 10.1. The zero-order valence-corrected chi connectivity index (χ0v) is 13.8. The molecule has 0 aliphatic rings. The lowest BCUT2D eigenvalue weighted by molar-refractivity contribution is 0.168. The molecule has 0 radical (unpaired) electrons. The van der Waals surface area contributed by atoms with Crippen molar-refractivity contribution in [1.82, 2.24) is 0 Å². The van der Waals surface area contributed by atoms with E-state index in [4.69, 9.17) is 4.43 Å². The molecule has 104 valence electrons. The Hall–Kier alpha value is 0.177. The first-order chi connectivity index (χ1) is 7.99. The van der Waals surface area contributed by atoms with E-state index < -0.39 is 8.32 Å². The van der Waals surface area contributed by atoms with Crippen LogP contribution < -0.4 is 0 Å². The highest BCUT2D eigenvalue weighted by Gasteiger charge is 2.20. The Bertz CT molecular complexity index is 163. The third kappa shape index (κ3) is 12.4. The maximum atomic E-state index is 6.24. The van der Waals surface area contributed by atoms with Gasteiger partial charge >= 0.3 is 0 Å². The van der Waals surface area contributed by atoms with Crippen LogP contribution in [0.2, 0.25) is 19.6 Å². The fourth-order valence-electron chi connectivity index (χ4n) is 2.24. The van der Waals surface area contributed by atoms with E-state index >= 15 is 0 Å². The van der Waals surface area contributed by atoms with Gasteiger partial charge in [0.05, 0.1) is 0 Å². The number of unbranched alkanes of at least 4 members (excludes halogenated alkanes) is 5. The SMILES string of the molecule is CCCCCCCCC(CCC)O[Si](C)(C)C. The summed E-state index contributed by atoms with van der Waals surface area (Å²) in [6, 6.07) is 0. The normalized spacial score (nSPS) is 13.9. The van der Waals surface area contributed by atoms with Crippen molar-refractivity contribution < 1.29 is 4.43 Å². The minimum absolute atomic E-state index is 0.540. The Morgan fingerprint density at radius 1 is 0.765 bits per heavy atom. The smallest absolute Gasteiger partial charge is 0.184 e. The third-order valence-corrected chi connectivity index (χ3v) is 4.05. The van der Waals surface area contributed by atoms with Crippen molar-refractivity contribution in [3.05, 3.63) is 0 Å². The quantitative estimate of drug-likeness (QED) is 0.338. The van der Waals surface area contributed by atoms with Gasteiger partial charge < -0.3 is 4.43 Å². The van der Waals surface area contributed by atoms with Gasteiger partial charge in [-0.05, 0) is 32.5 Å². The largest absolute Gasteiger partial charge is 0.415 e. The molecule has 0 spiro atoms. The van der Waals surface area contributed by atoms with E-state index in [0.717, 1.165) is 0 Å². The Labute approximate surface area is 110 Å². The Balaban J connectivity index is 3.63. The minimum atomic E-state index is -1.34. The van der Waals surface area contributed by atoms with Crippen LogP contribution in [0.15, 0.2) is 0 Å². The van der Waals surface area contributed by atoms with E-state index in [1.54, 1.807) is 0 Å². The first kappa shape index (κ1) is 17.2. The molecule has 17 heavy (non-hydrogen) atoms. The number of hydrogen-bond acceptors (Lipinski definition) is 1. The second-order valence-corrected chi connectivity index (χ2v) is 10.7. The molecule has 0 saturated carbocycles. The third-order valence-electron chi connectivity index (χ3n) is 3.01. The van der Waals surface area contributed by atoms with E-state index in [2.05, 4.69) is 33.5 Å². The molecule has 0 fully saturated rings. The van der Waals surface area contributed by atoms with Crippen molar-refractivity contribution in [2.45, 2.75) is 97.4 Å². The molecule has 0 amide bonds. The highest BCUT2D eigenvalue weighted by molar-refractivity contribution is 6.69. The van der Waals surface area contributed by atoms with Gasteiger partial charge in [-0.3, -0.25) is 0 Å².